The van der Waals surface area contributed by atoms with E-state index in [9.17, 15) is 4.79 Å². The fourth-order valence-electron chi connectivity index (χ4n) is 2.10. The highest BCUT2D eigenvalue weighted by atomic mass is 16.2. The van der Waals surface area contributed by atoms with E-state index >= 15 is 0 Å². The summed E-state index contributed by atoms with van der Waals surface area (Å²) in [6, 6.07) is 0.335. The molecule has 1 fully saturated rings. The Morgan fingerprint density at radius 1 is 1.44 bits per heavy atom. The van der Waals surface area contributed by atoms with Crippen molar-refractivity contribution in [1.29, 1.82) is 0 Å². The Labute approximate surface area is 107 Å². The third-order valence-corrected chi connectivity index (χ3v) is 3.12. The standard InChI is InChI=1S/C13H20N4O/c1-3-5-9-6-10(9)17-13(18)11-7-14-8-12(16-11)15-4-2/h7-10H,3-6H2,1-2H3,(H,15,16)(H,17,18). The molecule has 2 rings (SSSR count). The zero-order valence-electron chi connectivity index (χ0n) is 10.9. The minimum atomic E-state index is -0.120. The van der Waals surface area contributed by atoms with Crippen molar-refractivity contribution < 1.29 is 4.79 Å². The first kappa shape index (κ1) is 12.8. The molecule has 1 aliphatic rings. The molecule has 0 aliphatic heterocycles. The molecule has 0 saturated heterocycles. The number of hydrogen-bond donors (Lipinski definition) is 2. The Kier molecular flexibility index (Phi) is 4.12. The molecule has 0 radical (unpaired) electrons. The second kappa shape index (κ2) is 5.80. The molecule has 1 aromatic rings. The quantitative estimate of drug-likeness (QED) is 0.806. The first-order chi connectivity index (χ1) is 8.74. The number of amides is 1. The van der Waals surface area contributed by atoms with E-state index in [-0.39, 0.29) is 5.91 Å². The van der Waals surface area contributed by atoms with Gasteiger partial charge in [-0.15, -0.1) is 0 Å². The molecule has 2 N–H and O–H groups in total. The Morgan fingerprint density at radius 2 is 2.28 bits per heavy atom. The van der Waals surface area contributed by atoms with E-state index in [1.807, 2.05) is 6.92 Å². The topological polar surface area (TPSA) is 66.9 Å². The maximum absolute atomic E-state index is 12.0. The average Bonchev–Trinajstić information content (AvgIpc) is 3.08. The van der Waals surface area contributed by atoms with Gasteiger partial charge in [0.05, 0.1) is 12.4 Å². The van der Waals surface area contributed by atoms with Crippen molar-refractivity contribution in [3.05, 3.63) is 18.1 Å². The van der Waals surface area contributed by atoms with Gasteiger partial charge in [0.2, 0.25) is 0 Å². The lowest BCUT2D eigenvalue weighted by atomic mass is 10.2. The van der Waals surface area contributed by atoms with Crippen molar-refractivity contribution in [2.24, 2.45) is 5.92 Å². The average molecular weight is 248 g/mol. The first-order valence-corrected chi connectivity index (χ1v) is 6.61. The van der Waals surface area contributed by atoms with Gasteiger partial charge < -0.3 is 10.6 Å². The van der Waals surface area contributed by atoms with Gasteiger partial charge in [-0.1, -0.05) is 13.3 Å². The predicted octanol–water partition coefficient (Wildman–Crippen LogP) is 1.83. The Hall–Kier alpha value is -1.65. The minimum Gasteiger partial charge on any atom is -0.369 e. The maximum atomic E-state index is 12.0. The molecule has 1 aromatic heterocycles. The lowest BCUT2D eigenvalue weighted by molar-refractivity contribution is 0.0943. The molecule has 98 valence electrons. The molecule has 0 spiro atoms. The summed E-state index contributed by atoms with van der Waals surface area (Å²) in [5.41, 5.74) is 0.385. The molecule has 2 atom stereocenters. The van der Waals surface area contributed by atoms with Gasteiger partial charge in [-0.2, -0.15) is 0 Å². The molecular formula is C13H20N4O. The zero-order chi connectivity index (χ0) is 13.0. The lowest BCUT2D eigenvalue weighted by Crippen LogP contribution is -2.28. The van der Waals surface area contributed by atoms with E-state index in [1.165, 1.54) is 19.0 Å². The van der Waals surface area contributed by atoms with Crippen LogP contribution in [0.3, 0.4) is 0 Å². The molecular weight excluding hydrogens is 228 g/mol. The summed E-state index contributed by atoms with van der Waals surface area (Å²) in [4.78, 5) is 20.2. The summed E-state index contributed by atoms with van der Waals surface area (Å²) in [6.07, 6.45) is 6.59. The lowest BCUT2D eigenvalue weighted by Gasteiger charge is -2.06. The summed E-state index contributed by atoms with van der Waals surface area (Å²) < 4.78 is 0. The van der Waals surface area contributed by atoms with Crippen LogP contribution in [0.5, 0.6) is 0 Å². The summed E-state index contributed by atoms with van der Waals surface area (Å²) in [5.74, 6) is 1.18. The highest BCUT2D eigenvalue weighted by Gasteiger charge is 2.37. The second-order valence-corrected chi connectivity index (χ2v) is 4.68. The molecule has 5 heteroatoms. The van der Waals surface area contributed by atoms with E-state index in [0.717, 1.165) is 13.0 Å². The number of nitrogens with zero attached hydrogens (tertiary/aromatic N) is 2. The summed E-state index contributed by atoms with van der Waals surface area (Å²) in [6.45, 7) is 4.91. The summed E-state index contributed by atoms with van der Waals surface area (Å²) in [7, 11) is 0. The van der Waals surface area contributed by atoms with Gasteiger partial charge in [0, 0.05) is 12.6 Å². The monoisotopic (exact) mass is 248 g/mol. The van der Waals surface area contributed by atoms with Gasteiger partial charge in [-0.05, 0) is 25.7 Å². The van der Waals surface area contributed by atoms with Crippen LogP contribution < -0.4 is 10.6 Å². The van der Waals surface area contributed by atoms with E-state index in [4.69, 9.17) is 0 Å². The van der Waals surface area contributed by atoms with E-state index in [2.05, 4.69) is 27.5 Å². The van der Waals surface area contributed by atoms with Gasteiger partial charge in [-0.25, -0.2) is 4.98 Å². The number of carbonyl (C=O) groups excluding carboxylic acids is 1. The number of carbonyl (C=O) groups is 1. The summed E-state index contributed by atoms with van der Waals surface area (Å²) >= 11 is 0. The van der Waals surface area contributed by atoms with Crippen LogP contribution >= 0.6 is 0 Å². The minimum absolute atomic E-state index is 0.120. The molecule has 0 aromatic carbocycles. The molecule has 2 unspecified atom stereocenters. The Bertz CT molecular complexity index is 421. The van der Waals surface area contributed by atoms with Crippen LogP contribution in [0.25, 0.3) is 0 Å². The molecule has 5 nitrogen and oxygen atoms in total. The van der Waals surface area contributed by atoms with E-state index in [1.54, 1.807) is 6.20 Å². The third kappa shape index (κ3) is 3.18. The Balaban J connectivity index is 1.91. The van der Waals surface area contributed by atoms with Gasteiger partial charge in [0.15, 0.2) is 0 Å². The SMILES string of the molecule is CCCC1CC1NC(=O)c1cncc(NCC)n1. The fraction of sp³-hybridized carbons (Fsp3) is 0.615. The van der Waals surface area contributed by atoms with Crippen molar-refractivity contribution >= 4 is 11.7 Å². The fourth-order valence-corrected chi connectivity index (χ4v) is 2.10. The van der Waals surface area contributed by atoms with Gasteiger partial charge in [0.25, 0.3) is 5.91 Å². The zero-order valence-corrected chi connectivity index (χ0v) is 10.9. The molecule has 1 saturated carbocycles. The number of hydrogen-bond acceptors (Lipinski definition) is 4. The van der Waals surface area contributed by atoms with Crippen LogP contribution in [-0.2, 0) is 0 Å². The van der Waals surface area contributed by atoms with Crippen LogP contribution in [0.15, 0.2) is 12.4 Å². The molecule has 1 heterocycles. The van der Waals surface area contributed by atoms with Crippen LogP contribution in [0.4, 0.5) is 5.82 Å². The van der Waals surface area contributed by atoms with Crippen molar-refractivity contribution in [3.63, 3.8) is 0 Å². The number of aromatic nitrogens is 2. The highest BCUT2D eigenvalue weighted by molar-refractivity contribution is 5.92. The van der Waals surface area contributed by atoms with Crippen LogP contribution in [0, 0.1) is 5.92 Å². The predicted molar refractivity (Wildman–Crippen MR) is 70.5 cm³/mol. The highest BCUT2D eigenvalue weighted by Crippen LogP contribution is 2.34. The molecule has 1 aliphatic carbocycles. The van der Waals surface area contributed by atoms with Crippen LogP contribution in [0.1, 0.15) is 43.6 Å². The number of nitrogens with one attached hydrogen (secondary N) is 2. The van der Waals surface area contributed by atoms with Gasteiger partial charge in [0.1, 0.15) is 11.5 Å². The largest absolute Gasteiger partial charge is 0.369 e. The van der Waals surface area contributed by atoms with Crippen LogP contribution in [0.2, 0.25) is 0 Å². The van der Waals surface area contributed by atoms with Gasteiger partial charge >= 0.3 is 0 Å². The number of rotatable bonds is 6. The third-order valence-electron chi connectivity index (χ3n) is 3.12. The van der Waals surface area contributed by atoms with Crippen molar-refractivity contribution in [3.8, 4) is 0 Å². The van der Waals surface area contributed by atoms with Crippen molar-refractivity contribution in [1.82, 2.24) is 15.3 Å². The second-order valence-electron chi connectivity index (χ2n) is 4.68. The van der Waals surface area contributed by atoms with Crippen molar-refractivity contribution in [2.45, 2.75) is 39.2 Å². The van der Waals surface area contributed by atoms with E-state index < -0.39 is 0 Å². The van der Waals surface area contributed by atoms with Crippen molar-refractivity contribution in [2.75, 3.05) is 11.9 Å². The number of anilines is 1. The van der Waals surface area contributed by atoms with Gasteiger partial charge in [-0.3, -0.25) is 9.78 Å². The first-order valence-electron chi connectivity index (χ1n) is 6.61. The normalized spacial score (nSPS) is 21.4. The maximum Gasteiger partial charge on any atom is 0.271 e. The molecule has 18 heavy (non-hydrogen) atoms. The molecule has 1 amide bonds. The van der Waals surface area contributed by atoms with E-state index in [0.29, 0.717) is 23.5 Å². The Morgan fingerprint density at radius 3 is 3.00 bits per heavy atom. The van der Waals surface area contributed by atoms with Crippen LogP contribution in [-0.4, -0.2) is 28.5 Å². The molecule has 0 bridgehead atoms. The smallest absolute Gasteiger partial charge is 0.271 e. The summed E-state index contributed by atoms with van der Waals surface area (Å²) in [5, 5.41) is 6.05.